The maximum absolute atomic E-state index is 10.0. The number of hydrogen-bond donors (Lipinski definition) is 2. The summed E-state index contributed by atoms with van der Waals surface area (Å²) in [5, 5.41) is 10.0. The molecule has 0 aromatic heterocycles. The Hall–Kier alpha value is -0.860. The van der Waals surface area contributed by atoms with E-state index in [9.17, 15) is 5.11 Å². The molecule has 0 heterocycles. The summed E-state index contributed by atoms with van der Waals surface area (Å²) < 4.78 is 0. The number of benzene rings is 1. The van der Waals surface area contributed by atoms with Crippen LogP contribution < -0.4 is 5.73 Å². The van der Waals surface area contributed by atoms with Crippen molar-refractivity contribution in [3.8, 4) is 0 Å². The van der Waals surface area contributed by atoms with Gasteiger partial charge in [0.25, 0.3) is 0 Å². The standard InChI is InChI=1S/C17H29NO/c1-6-15(18)16(19)11-12(2)13-7-9-14(10-8-13)17(3,4)5/h7-10,12,15-16,19H,6,11,18H2,1-5H3. The van der Waals surface area contributed by atoms with E-state index in [0.29, 0.717) is 5.92 Å². The second-order valence-electron chi connectivity index (χ2n) is 6.65. The first-order chi connectivity index (χ1) is 8.75. The van der Waals surface area contributed by atoms with Crippen LogP contribution >= 0.6 is 0 Å². The van der Waals surface area contributed by atoms with Crippen LogP contribution in [0.4, 0.5) is 0 Å². The highest BCUT2D eigenvalue weighted by molar-refractivity contribution is 5.29. The van der Waals surface area contributed by atoms with Gasteiger partial charge < -0.3 is 10.8 Å². The van der Waals surface area contributed by atoms with Gasteiger partial charge in [-0.2, -0.15) is 0 Å². The monoisotopic (exact) mass is 263 g/mol. The first kappa shape index (κ1) is 16.2. The second-order valence-corrected chi connectivity index (χ2v) is 6.65. The molecule has 0 amide bonds. The Morgan fingerprint density at radius 2 is 1.68 bits per heavy atom. The van der Waals surface area contributed by atoms with Crippen molar-refractivity contribution in [1.29, 1.82) is 0 Å². The van der Waals surface area contributed by atoms with E-state index in [1.165, 1.54) is 11.1 Å². The third-order valence-electron chi connectivity index (χ3n) is 3.91. The predicted octanol–water partition coefficient (Wildman–Crippen LogP) is 3.58. The molecule has 19 heavy (non-hydrogen) atoms. The fourth-order valence-corrected chi connectivity index (χ4v) is 2.26. The molecule has 1 rings (SSSR count). The van der Waals surface area contributed by atoms with Gasteiger partial charge in [0.1, 0.15) is 0 Å². The zero-order valence-electron chi connectivity index (χ0n) is 13.0. The van der Waals surface area contributed by atoms with E-state index >= 15 is 0 Å². The average molecular weight is 263 g/mol. The SMILES string of the molecule is CCC(N)C(O)CC(C)c1ccc(C(C)(C)C)cc1. The van der Waals surface area contributed by atoms with Crippen LogP contribution in [0.1, 0.15) is 64.5 Å². The van der Waals surface area contributed by atoms with Gasteiger partial charge in [0, 0.05) is 6.04 Å². The molecule has 3 unspecified atom stereocenters. The highest BCUT2D eigenvalue weighted by Crippen LogP contribution is 2.26. The van der Waals surface area contributed by atoms with Gasteiger partial charge in [-0.3, -0.25) is 0 Å². The molecule has 2 nitrogen and oxygen atoms in total. The van der Waals surface area contributed by atoms with E-state index in [1.54, 1.807) is 0 Å². The average Bonchev–Trinajstić information content (AvgIpc) is 2.36. The van der Waals surface area contributed by atoms with Gasteiger partial charge in [0.2, 0.25) is 0 Å². The molecule has 3 N–H and O–H groups in total. The molecule has 1 aromatic rings. The molecule has 1 aromatic carbocycles. The third-order valence-corrected chi connectivity index (χ3v) is 3.91. The zero-order valence-corrected chi connectivity index (χ0v) is 13.0. The summed E-state index contributed by atoms with van der Waals surface area (Å²) in [4.78, 5) is 0. The highest BCUT2D eigenvalue weighted by atomic mass is 16.3. The van der Waals surface area contributed by atoms with Crippen molar-refractivity contribution < 1.29 is 5.11 Å². The van der Waals surface area contributed by atoms with E-state index in [0.717, 1.165) is 12.8 Å². The third kappa shape index (κ3) is 4.63. The quantitative estimate of drug-likeness (QED) is 0.853. The molecule has 3 atom stereocenters. The van der Waals surface area contributed by atoms with Crippen molar-refractivity contribution in [1.82, 2.24) is 0 Å². The Bertz CT molecular complexity index is 377. The maximum atomic E-state index is 10.0. The Morgan fingerprint density at radius 3 is 2.11 bits per heavy atom. The number of aliphatic hydroxyl groups is 1. The van der Waals surface area contributed by atoms with Crippen molar-refractivity contribution in [2.75, 3.05) is 0 Å². The zero-order chi connectivity index (χ0) is 14.6. The van der Waals surface area contributed by atoms with Crippen LogP contribution in [0.5, 0.6) is 0 Å². The summed E-state index contributed by atoms with van der Waals surface area (Å²) in [7, 11) is 0. The Kier molecular flexibility index (Phi) is 5.57. The van der Waals surface area contributed by atoms with Crippen LogP contribution in [-0.4, -0.2) is 17.3 Å². The van der Waals surface area contributed by atoms with Crippen LogP contribution in [0.15, 0.2) is 24.3 Å². The number of nitrogens with two attached hydrogens (primary N) is 1. The van der Waals surface area contributed by atoms with Crippen LogP contribution in [0.2, 0.25) is 0 Å². The minimum absolute atomic E-state index is 0.115. The molecular weight excluding hydrogens is 234 g/mol. The topological polar surface area (TPSA) is 46.2 Å². The fourth-order valence-electron chi connectivity index (χ4n) is 2.26. The summed E-state index contributed by atoms with van der Waals surface area (Å²) in [5.74, 6) is 0.335. The Balaban J connectivity index is 2.70. The van der Waals surface area contributed by atoms with Crippen molar-refractivity contribution >= 4 is 0 Å². The molecule has 0 radical (unpaired) electrons. The molecule has 0 aliphatic carbocycles. The second kappa shape index (κ2) is 6.53. The van der Waals surface area contributed by atoms with Crippen LogP contribution in [0, 0.1) is 0 Å². The van der Waals surface area contributed by atoms with Crippen molar-refractivity contribution in [3.05, 3.63) is 35.4 Å². The normalized spacial score (nSPS) is 17.0. The van der Waals surface area contributed by atoms with Gasteiger partial charge in [-0.15, -0.1) is 0 Å². The van der Waals surface area contributed by atoms with Gasteiger partial charge in [-0.05, 0) is 35.3 Å². The molecule has 0 bridgehead atoms. The molecule has 0 spiro atoms. The Labute approximate surface area is 118 Å². The van der Waals surface area contributed by atoms with E-state index in [2.05, 4.69) is 52.0 Å². The minimum atomic E-state index is -0.415. The summed E-state index contributed by atoms with van der Waals surface area (Å²) >= 11 is 0. The van der Waals surface area contributed by atoms with E-state index in [1.807, 2.05) is 6.92 Å². The maximum Gasteiger partial charge on any atom is 0.0696 e. The molecule has 0 saturated carbocycles. The van der Waals surface area contributed by atoms with Gasteiger partial charge in [-0.1, -0.05) is 58.9 Å². The highest BCUT2D eigenvalue weighted by Gasteiger charge is 2.18. The predicted molar refractivity (Wildman–Crippen MR) is 82.4 cm³/mol. The molecule has 0 fully saturated rings. The van der Waals surface area contributed by atoms with Crippen molar-refractivity contribution in [3.63, 3.8) is 0 Å². The molecule has 108 valence electrons. The van der Waals surface area contributed by atoms with E-state index in [-0.39, 0.29) is 11.5 Å². The van der Waals surface area contributed by atoms with Gasteiger partial charge >= 0.3 is 0 Å². The lowest BCUT2D eigenvalue weighted by Gasteiger charge is -2.23. The summed E-state index contributed by atoms with van der Waals surface area (Å²) in [6, 6.07) is 8.62. The number of rotatable bonds is 5. The number of aliphatic hydroxyl groups excluding tert-OH is 1. The summed E-state index contributed by atoms with van der Waals surface area (Å²) in [5.41, 5.74) is 8.68. The lowest BCUT2D eigenvalue weighted by Crippen LogP contribution is -2.34. The Morgan fingerprint density at radius 1 is 1.16 bits per heavy atom. The van der Waals surface area contributed by atoms with Crippen molar-refractivity contribution in [2.45, 2.75) is 70.9 Å². The molecular formula is C17H29NO. The van der Waals surface area contributed by atoms with E-state index < -0.39 is 6.10 Å². The van der Waals surface area contributed by atoms with Crippen molar-refractivity contribution in [2.24, 2.45) is 5.73 Å². The first-order valence-corrected chi connectivity index (χ1v) is 7.29. The van der Waals surface area contributed by atoms with E-state index in [4.69, 9.17) is 5.73 Å². The lowest BCUT2D eigenvalue weighted by molar-refractivity contribution is 0.126. The smallest absolute Gasteiger partial charge is 0.0696 e. The fraction of sp³-hybridized carbons (Fsp3) is 0.647. The van der Waals surface area contributed by atoms with Gasteiger partial charge in [0.15, 0.2) is 0 Å². The minimum Gasteiger partial charge on any atom is -0.391 e. The summed E-state index contributed by atoms with van der Waals surface area (Å²) in [6.45, 7) is 10.8. The van der Waals surface area contributed by atoms with Crippen LogP contribution in [0.25, 0.3) is 0 Å². The lowest BCUT2D eigenvalue weighted by atomic mass is 9.85. The molecule has 0 saturated heterocycles. The van der Waals surface area contributed by atoms with Gasteiger partial charge in [-0.25, -0.2) is 0 Å². The van der Waals surface area contributed by atoms with Crippen LogP contribution in [-0.2, 0) is 5.41 Å². The number of hydrogen-bond acceptors (Lipinski definition) is 2. The molecule has 0 aliphatic heterocycles. The van der Waals surface area contributed by atoms with Gasteiger partial charge in [0.05, 0.1) is 6.10 Å². The van der Waals surface area contributed by atoms with Crippen LogP contribution in [0.3, 0.4) is 0 Å². The largest absolute Gasteiger partial charge is 0.391 e. The first-order valence-electron chi connectivity index (χ1n) is 7.29. The molecule has 0 aliphatic rings. The summed E-state index contributed by atoms with van der Waals surface area (Å²) in [6.07, 6.45) is 1.13. The molecule has 2 heteroatoms.